The molecule has 9 nitrogen and oxygen atoms in total. The minimum Gasteiger partial charge on any atom is -0.342 e. The second-order valence-electron chi connectivity index (χ2n) is 6.43. The number of likely N-dealkylation sites (tertiary alicyclic amines) is 1. The summed E-state index contributed by atoms with van der Waals surface area (Å²) in [5, 5.41) is 17.1. The van der Waals surface area contributed by atoms with Crippen LogP contribution in [-0.4, -0.2) is 56.9 Å². The second-order valence-corrected chi connectivity index (χ2v) is 7.21. The first-order valence-electron chi connectivity index (χ1n) is 8.43. The molecule has 1 atom stereocenters. The Hall–Kier alpha value is -2.75. The van der Waals surface area contributed by atoms with Crippen molar-refractivity contribution < 1.29 is 14.4 Å². The highest BCUT2D eigenvalue weighted by atomic mass is 32.1. The normalized spacial score (nSPS) is 20.9. The Morgan fingerprint density at radius 1 is 1.31 bits per heavy atom. The molecule has 136 valence electrons. The van der Waals surface area contributed by atoms with Gasteiger partial charge in [0.05, 0.1) is 18.7 Å². The average Bonchev–Trinajstić information content (AvgIpc) is 3.36. The van der Waals surface area contributed by atoms with Gasteiger partial charge in [-0.05, 0) is 24.3 Å². The van der Waals surface area contributed by atoms with Crippen LogP contribution in [-0.2, 0) is 9.59 Å². The molecule has 2 N–H and O–H groups in total. The van der Waals surface area contributed by atoms with Gasteiger partial charge in [-0.25, -0.2) is 9.48 Å². The minimum absolute atomic E-state index is 0.00608. The number of urea groups is 1. The third kappa shape index (κ3) is 3.32. The molecule has 10 heteroatoms. The standard InChI is InChI=1S/C16H18N6O3S/c23-14(7-12-15(24)18-16(25)17-12)21-4-1-11(2-5-21)22-8-13(19-20-22)10-3-6-26-9-10/h3,6,8-9,11-12H,1-2,4-5,7H2,(H2,17,18,24,25). The molecule has 0 spiro atoms. The van der Waals surface area contributed by atoms with Crippen LogP contribution in [0, 0.1) is 0 Å². The Labute approximate surface area is 153 Å². The summed E-state index contributed by atoms with van der Waals surface area (Å²) in [4.78, 5) is 36.8. The highest BCUT2D eigenvalue weighted by Crippen LogP contribution is 2.25. The van der Waals surface area contributed by atoms with Gasteiger partial charge in [0.2, 0.25) is 5.91 Å². The molecule has 26 heavy (non-hydrogen) atoms. The van der Waals surface area contributed by atoms with Gasteiger partial charge in [-0.2, -0.15) is 11.3 Å². The van der Waals surface area contributed by atoms with E-state index >= 15 is 0 Å². The molecule has 0 bridgehead atoms. The number of piperidine rings is 1. The Morgan fingerprint density at radius 2 is 2.12 bits per heavy atom. The molecule has 2 fully saturated rings. The van der Waals surface area contributed by atoms with E-state index in [1.807, 2.05) is 27.7 Å². The van der Waals surface area contributed by atoms with E-state index in [0.29, 0.717) is 13.1 Å². The topological polar surface area (TPSA) is 109 Å². The molecule has 0 radical (unpaired) electrons. The largest absolute Gasteiger partial charge is 0.342 e. The molecule has 2 aliphatic rings. The molecule has 0 aliphatic carbocycles. The Balaban J connectivity index is 1.32. The van der Waals surface area contributed by atoms with Crippen molar-refractivity contribution in [3.05, 3.63) is 23.0 Å². The number of nitrogens with one attached hydrogen (secondary N) is 2. The van der Waals surface area contributed by atoms with Crippen molar-refractivity contribution in [2.45, 2.75) is 31.3 Å². The first-order valence-corrected chi connectivity index (χ1v) is 9.38. The number of carbonyl (C=O) groups excluding carboxylic acids is 3. The summed E-state index contributed by atoms with van der Waals surface area (Å²) < 4.78 is 1.87. The first kappa shape index (κ1) is 16.7. The SMILES string of the molecule is O=C1NC(=O)C(CC(=O)N2CCC(n3cc(-c4ccsc4)nn3)CC2)N1. The summed E-state index contributed by atoms with van der Waals surface area (Å²) in [6, 6.07) is 0.904. The quantitative estimate of drug-likeness (QED) is 0.768. The van der Waals surface area contributed by atoms with E-state index in [9.17, 15) is 14.4 Å². The monoisotopic (exact) mass is 374 g/mol. The second kappa shape index (κ2) is 6.87. The van der Waals surface area contributed by atoms with Crippen molar-refractivity contribution in [3.63, 3.8) is 0 Å². The number of rotatable bonds is 4. The summed E-state index contributed by atoms with van der Waals surface area (Å²) >= 11 is 1.62. The number of thiophene rings is 1. The maximum Gasteiger partial charge on any atom is 0.322 e. The smallest absolute Gasteiger partial charge is 0.322 e. The van der Waals surface area contributed by atoms with Crippen molar-refractivity contribution in [1.82, 2.24) is 30.5 Å². The highest BCUT2D eigenvalue weighted by Gasteiger charge is 2.33. The third-order valence-electron chi connectivity index (χ3n) is 4.76. The lowest BCUT2D eigenvalue weighted by atomic mass is 10.0. The van der Waals surface area contributed by atoms with Gasteiger partial charge < -0.3 is 10.2 Å². The zero-order valence-electron chi connectivity index (χ0n) is 13.9. The zero-order chi connectivity index (χ0) is 18.1. The molecule has 4 rings (SSSR count). The Morgan fingerprint density at radius 3 is 2.77 bits per heavy atom. The summed E-state index contributed by atoms with van der Waals surface area (Å²) in [6.07, 6.45) is 3.50. The molecule has 2 aromatic heterocycles. The number of amides is 4. The van der Waals surface area contributed by atoms with Crippen LogP contribution in [0.25, 0.3) is 11.3 Å². The van der Waals surface area contributed by atoms with Gasteiger partial charge in [0.1, 0.15) is 11.7 Å². The summed E-state index contributed by atoms with van der Waals surface area (Å²) in [7, 11) is 0. The maximum absolute atomic E-state index is 12.4. The van der Waals surface area contributed by atoms with Crippen LogP contribution in [0.2, 0.25) is 0 Å². The van der Waals surface area contributed by atoms with Crippen molar-refractivity contribution in [1.29, 1.82) is 0 Å². The van der Waals surface area contributed by atoms with Crippen molar-refractivity contribution in [2.24, 2.45) is 0 Å². The van der Waals surface area contributed by atoms with E-state index in [2.05, 4.69) is 20.9 Å². The van der Waals surface area contributed by atoms with Crippen molar-refractivity contribution >= 4 is 29.2 Å². The van der Waals surface area contributed by atoms with E-state index in [4.69, 9.17) is 0 Å². The molecule has 2 aromatic rings. The molecular weight excluding hydrogens is 356 g/mol. The summed E-state index contributed by atoms with van der Waals surface area (Å²) in [6.45, 7) is 1.19. The van der Waals surface area contributed by atoms with Gasteiger partial charge in [-0.15, -0.1) is 5.10 Å². The van der Waals surface area contributed by atoms with Gasteiger partial charge >= 0.3 is 6.03 Å². The predicted molar refractivity (Wildman–Crippen MR) is 93.3 cm³/mol. The number of hydrogen-bond acceptors (Lipinski definition) is 6. The highest BCUT2D eigenvalue weighted by molar-refractivity contribution is 7.08. The van der Waals surface area contributed by atoms with Gasteiger partial charge in [0, 0.05) is 24.0 Å². The molecule has 0 aromatic carbocycles. The lowest BCUT2D eigenvalue weighted by Crippen LogP contribution is -2.43. The fourth-order valence-electron chi connectivity index (χ4n) is 3.28. The van der Waals surface area contributed by atoms with Gasteiger partial charge in [-0.1, -0.05) is 5.21 Å². The van der Waals surface area contributed by atoms with Crippen LogP contribution in [0.3, 0.4) is 0 Å². The third-order valence-corrected chi connectivity index (χ3v) is 5.44. The Bertz CT molecular complexity index is 825. The number of hydrogen-bond donors (Lipinski definition) is 2. The summed E-state index contributed by atoms with van der Waals surface area (Å²) in [5.41, 5.74) is 1.92. The number of nitrogens with zero attached hydrogens (tertiary/aromatic N) is 4. The fraction of sp³-hybridized carbons (Fsp3) is 0.438. The maximum atomic E-state index is 12.4. The van der Waals surface area contributed by atoms with E-state index in [1.54, 1.807) is 16.2 Å². The molecule has 2 aliphatic heterocycles. The van der Waals surface area contributed by atoms with Crippen LogP contribution in [0.15, 0.2) is 23.0 Å². The van der Waals surface area contributed by atoms with Crippen LogP contribution in [0.1, 0.15) is 25.3 Å². The van der Waals surface area contributed by atoms with E-state index in [1.165, 1.54) is 0 Å². The Kier molecular flexibility index (Phi) is 4.41. The predicted octanol–water partition coefficient (Wildman–Crippen LogP) is 0.768. The molecular formula is C16H18N6O3S. The van der Waals surface area contributed by atoms with Gasteiger partial charge in [0.25, 0.3) is 5.91 Å². The van der Waals surface area contributed by atoms with E-state index < -0.39 is 18.0 Å². The van der Waals surface area contributed by atoms with Gasteiger partial charge in [0.15, 0.2) is 0 Å². The molecule has 2 saturated heterocycles. The summed E-state index contributed by atoms with van der Waals surface area (Å²) in [5.74, 6) is -0.565. The van der Waals surface area contributed by atoms with E-state index in [-0.39, 0.29) is 18.4 Å². The van der Waals surface area contributed by atoms with E-state index in [0.717, 1.165) is 24.1 Å². The molecule has 0 saturated carbocycles. The van der Waals surface area contributed by atoms with Crippen LogP contribution < -0.4 is 10.6 Å². The molecule has 1 unspecified atom stereocenters. The van der Waals surface area contributed by atoms with Crippen LogP contribution in [0.5, 0.6) is 0 Å². The minimum atomic E-state index is -0.767. The number of imide groups is 1. The van der Waals surface area contributed by atoms with Crippen LogP contribution in [0.4, 0.5) is 4.79 Å². The van der Waals surface area contributed by atoms with Gasteiger partial charge in [-0.3, -0.25) is 14.9 Å². The average molecular weight is 374 g/mol. The van der Waals surface area contributed by atoms with Crippen molar-refractivity contribution in [3.8, 4) is 11.3 Å². The lowest BCUT2D eigenvalue weighted by Gasteiger charge is -2.32. The first-order chi connectivity index (χ1) is 12.6. The fourth-order valence-corrected chi connectivity index (χ4v) is 3.93. The van der Waals surface area contributed by atoms with Crippen molar-refractivity contribution in [2.75, 3.05) is 13.1 Å². The van der Waals surface area contributed by atoms with Crippen LogP contribution >= 0.6 is 11.3 Å². The number of aromatic nitrogens is 3. The number of carbonyl (C=O) groups is 3. The molecule has 4 amide bonds. The molecule has 4 heterocycles. The lowest BCUT2D eigenvalue weighted by molar-refractivity contribution is -0.135. The zero-order valence-corrected chi connectivity index (χ0v) is 14.7.